The minimum absolute atomic E-state index is 0.498. The third kappa shape index (κ3) is 2.96. The van der Waals surface area contributed by atoms with Gasteiger partial charge in [0.05, 0.1) is 0 Å². The molecule has 1 aromatic carbocycles. The number of nitrogen functional groups attached to an aromatic ring is 1. The minimum Gasteiger partial charge on any atom is -0.399 e. The van der Waals surface area contributed by atoms with E-state index < -0.39 is 0 Å². The summed E-state index contributed by atoms with van der Waals surface area (Å²) in [4.78, 5) is 4.42. The molecule has 2 heterocycles. The van der Waals surface area contributed by atoms with E-state index in [1.54, 1.807) is 0 Å². The van der Waals surface area contributed by atoms with Crippen molar-refractivity contribution in [2.75, 3.05) is 18.9 Å². The van der Waals surface area contributed by atoms with E-state index in [4.69, 9.17) is 15.0 Å². The van der Waals surface area contributed by atoms with E-state index in [1.807, 2.05) is 18.2 Å². The first kappa shape index (κ1) is 12.6. The Hall–Kier alpha value is -1.40. The molecular formula is C13H14BrN3O2. The Bertz CT molecular complexity index is 559. The van der Waals surface area contributed by atoms with Gasteiger partial charge >= 0.3 is 0 Å². The van der Waals surface area contributed by atoms with Crippen LogP contribution in [0.4, 0.5) is 5.69 Å². The molecule has 0 spiro atoms. The molecule has 0 aliphatic carbocycles. The van der Waals surface area contributed by atoms with Crippen LogP contribution in [0.25, 0.3) is 11.5 Å². The maximum Gasteiger partial charge on any atom is 0.258 e. The van der Waals surface area contributed by atoms with Crippen LogP contribution in [0.3, 0.4) is 0 Å². The third-order valence-electron chi connectivity index (χ3n) is 3.13. The van der Waals surface area contributed by atoms with Crippen LogP contribution >= 0.6 is 15.9 Å². The van der Waals surface area contributed by atoms with Crippen LogP contribution in [0, 0.1) is 5.92 Å². The molecule has 0 bridgehead atoms. The summed E-state index contributed by atoms with van der Waals surface area (Å²) in [6, 6.07) is 5.56. The summed E-state index contributed by atoms with van der Waals surface area (Å²) in [6.45, 7) is 1.62. The fourth-order valence-electron chi connectivity index (χ4n) is 2.19. The third-order valence-corrected chi connectivity index (χ3v) is 3.59. The Balaban J connectivity index is 1.79. The zero-order valence-electron chi connectivity index (χ0n) is 10.3. The fraction of sp³-hybridized carbons (Fsp3) is 0.385. The van der Waals surface area contributed by atoms with Gasteiger partial charge in [0.25, 0.3) is 5.89 Å². The van der Waals surface area contributed by atoms with Gasteiger partial charge < -0.3 is 15.0 Å². The summed E-state index contributed by atoms with van der Waals surface area (Å²) in [5.41, 5.74) is 7.29. The van der Waals surface area contributed by atoms with Gasteiger partial charge in [-0.3, -0.25) is 0 Å². The average Bonchev–Trinajstić information content (AvgIpc) is 2.99. The van der Waals surface area contributed by atoms with E-state index in [9.17, 15) is 0 Å². The molecule has 19 heavy (non-hydrogen) atoms. The smallest absolute Gasteiger partial charge is 0.258 e. The molecule has 1 atom stereocenters. The number of rotatable bonds is 3. The van der Waals surface area contributed by atoms with E-state index in [2.05, 4.69) is 26.1 Å². The highest BCUT2D eigenvalue weighted by molar-refractivity contribution is 9.10. The molecule has 0 radical (unpaired) electrons. The summed E-state index contributed by atoms with van der Waals surface area (Å²) in [5.74, 6) is 1.73. The lowest BCUT2D eigenvalue weighted by molar-refractivity contribution is 0.185. The molecule has 1 fully saturated rings. The minimum atomic E-state index is 0.498. The van der Waals surface area contributed by atoms with E-state index >= 15 is 0 Å². The van der Waals surface area contributed by atoms with Crippen LogP contribution in [0.5, 0.6) is 0 Å². The van der Waals surface area contributed by atoms with Gasteiger partial charge in [0.2, 0.25) is 0 Å². The van der Waals surface area contributed by atoms with E-state index in [-0.39, 0.29) is 0 Å². The predicted octanol–water partition coefficient (Wildman–Crippen LogP) is 2.66. The van der Waals surface area contributed by atoms with Crippen LogP contribution in [-0.4, -0.2) is 23.4 Å². The zero-order valence-corrected chi connectivity index (χ0v) is 11.9. The first-order valence-corrected chi connectivity index (χ1v) is 6.97. The van der Waals surface area contributed by atoms with Crippen LogP contribution in [-0.2, 0) is 11.2 Å². The van der Waals surface area contributed by atoms with Crippen molar-refractivity contribution in [1.82, 2.24) is 10.1 Å². The van der Waals surface area contributed by atoms with E-state index in [0.717, 1.165) is 41.9 Å². The Kier molecular flexibility index (Phi) is 3.52. The first-order chi connectivity index (χ1) is 9.20. The molecule has 1 unspecified atom stereocenters. The number of nitrogens with two attached hydrogens (primary N) is 1. The number of halogens is 1. The van der Waals surface area contributed by atoms with Crippen LogP contribution in [0.15, 0.2) is 27.2 Å². The summed E-state index contributed by atoms with van der Waals surface area (Å²) in [5, 5.41) is 4.02. The average molecular weight is 324 g/mol. The van der Waals surface area contributed by atoms with Crippen molar-refractivity contribution in [3.05, 3.63) is 28.5 Å². The van der Waals surface area contributed by atoms with Crippen molar-refractivity contribution in [3.63, 3.8) is 0 Å². The number of hydrogen-bond donors (Lipinski definition) is 1. The number of benzene rings is 1. The van der Waals surface area contributed by atoms with Crippen molar-refractivity contribution in [3.8, 4) is 11.5 Å². The SMILES string of the molecule is Nc1cc(Br)cc(-c2nc(CC3CCOC3)no2)c1. The zero-order chi connectivity index (χ0) is 13.2. The van der Waals surface area contributed by atoms with E-state index in [0.29, 0.717) is 17.5 Å². The van der Waals surface area contributed by atoms with Crippen molar-refractivity contribution in [2.24, 2.45) is 5.92 Å². The van der Waals surface area contributed by atoms with E-state index in [1.165, 1.54) is 0 Å². The molecule has 2 aromatic rings. The number of hydrogen-bond acceptors (Lipinski definition) is 5. The second kappa shape index (κ2) is 5.30. The summed E-state index contributed by atoms with van der Waals surface area (Å²) in [6.07, 6.45) is 1.86. The fourth-order valence-corrected chi connectivity index (χ4v) is 2.70. The second-order valence-corrected chi connectivity index (χ2v) is 5.64. The largest absolute Gasteiger partial charge is 0.399 e. The molecule has 100 valence electrons. The van der Waals surface area contributed by atoms with Gasteiger partial charge in [0.1, 0.15) is 0 Å². The lowest BCUT2D eigenvalue weighted by atomic mass is 10.1. The Labute approximate surface area is 119 Å². The molecule has 2 N–H and O–H groups in total. The molecule has 5 nitrogen and oxygen atoms in total. The highest BCUT2D eigenvalue weighted by Crippen LogP contribution is 2.26. The van der Waals surface area contributed by atoms with Gasteiger partial charge in [-0.05, 0) is 30.5 Å². The molecule has 0 amide bonds. The number of nitrogens with zero attached hydrogens (tertiary/aromatic N) is 2. The van der Waals surface area contributed by atoms with Gasteiger partial charge in [-0.2, -0.15) is 4.98 Å². The summed E-state index contributed by atoms with van der Waals surface area (Å²) >= 11 is 3.40. The monoisotopic (exact) mass is 323 g/mol. The number of aromatic nitrogens is 2. The van der Waals surface area contributed by atoms with Crippen molar-refractivity contribution in [1.29, 1.82) is 0 Å². The summed E-state index contributed by atoms with van der Waals surface area (Å²) < 4.78 is 11.5. The quantitative estimate of drug-likeness (QED) is 0.879. The van der Waals surface area contributed by atoms with Crippen LogP contribution in [0.1, 0.15) is 12.2 Å². The molecule has 1 aliphatic rings. The first-order valence-electron chi connectivity index (χ1n) is 6.17. The van der Waals surface area contributed by atoms with Gasteiger partial charge in [0, 0.05) is 35.4 Å². The van der Waals surface area contributed by atoms with Gasteiger partial charge in [-0.25, -0.2) is 0 Å². The van der Waals surface area contributed by atoms with Crippen molar-refractivity contribution in [2.45, 2.75) is 12.8 Å². The molecule has 1 aromatic heterocycles. The second-order valence-electron chi connectivity index (χ2n) is 4.72. The lowest BCUT2D eigenvalue weighted by Crippen LogP contribution is -2.04. The Morgan fingerprint density at radius 3 is 3.00 bits per heavy atom. The van der Waals surface area contributed by atoms with Gasteiger partial charge in [-0.15, -0.1) is 0 Å². The molecule has 0 saturated carbocycles. The van der Waals surface area contributed by atoms with Gasteiger partial charge in [-0.1, -0.05) is 21.1 Å². The number of anilines is 1. The standard InChI is InChI=1S/C13H14BrN3O2/c14-10-4-9(5-11(15)6-10)13-16-12(17-19-13)3-8-1-2-18-7-8/h4-6,8H,1-3,7,15H2. The Morgan fingerprint density at radius 1 is 1.37 bits per heavy atom. The molecular weight excluding hydrogens is 310 g/mol. The Morgan fingerprint density at radius 2 is 2.26 bits per heavy atom. The topological polar surface area (TPSA) is 74.2 Å². The predicted molar refractivity (Wildman–Crippen MR) is 74.5 cm³/mol. The summed E-state index contributed by atoms with van der Waals surface area (Å²) in [7, 11) is 0. The molecule has 6 heteroatoms. The highest BCUT2D eigenvalue weighted by atomic mass is 79.9. The van der Waals surface area contributed by atoms with Crippen LogP contribution in [0.2, 0.25) is 0 Å². The van der Waals surface area contributed by atoms with Crippen LogP contribution < -0.4 is 5.73 Å². The van der Waals surface area contributed by atoms with Gasteiger partial charge in [0.15, 0.2) is 5.82 Å². The molecule has 1 aliphatic heterocycles. The molecule has 1 saturated heterocycles. The van der Waals surface area contributed by atoms with Crippen molar-refractivity contribution >= 4 is 21.6 Å². The normalized spacial score (nSPS) is 18.9. The molecule has 3 rings (SSSR count). The maximum absolute atomic E-state index is 5.80. The maximum atomic E-state index is 5.80. The highest BCUT2D eigenvalue weighted by Gasteiger charge is 2.19. The van der Waals surface area contributed by atoms with Crippen molar-refractivity contribution < 1.29 is 9.26 Å². The lowest BCUT2D eigenvalue weighted by Gasteiger charge is -2.01. The number of ether oxygens (including phenoxy) is 1.